The van der Waals surface area contributed by atoms with E-state index in [1.165, 1.54) is 4.90 Å². The maximum Gasteiger partial charge on any atom is 0.300 e. The van der Waals surface area contributed by atoms with Crippen LogP contribution in [0.15, 0.2) is 78.4 Å². The van der Waals surface area contributed by atoms with E-state index in [0.717, 1.165) is 0 Å². The third kappa shape index (κ3) is 5.24. The molecule has 1 amide bonds. The first-order valence-electron chi connectivity index (χ1n) is 11.8. The number of aliphatic hydroxyl groups excluding tert-OH is 1. The zero-order valence-electron chi connectivity index (χ0n) is 20.4. The van der Waals surface area contributed by atoms with Crippen molar-refractivity contribution in [3.05, 3.63) is 94.5 Å². The number of Topliss-reactive ketones (excluding diaryl/α,β-unsaturated/α-hetero) is 1. The average molecular weight is 506 g/mol. The fourth-order valence-corrected chi connectivity index (χ4v) is 4.20. The van der Waals surface area contributed by atoms with E-state index in [1.54, 1.807) is 72.8 Å². The van der Waals surface area contributed by atoms with E-state index in [4.69, 9.17) is 21.1 Å². The highest BCUT2D eigenvalue weighted by molar-refractivity contribution is 6.51. The number of ether oxygens (including phenoxy) is 2. The van der Waals surface area contributed by atoms with Crippen LogP contribution in [0, 0.1) is 5.92 Å². The molecule has 1 aliphatic rings. The lowest BCUT2D eigenvalue weighted by molar-refractivity contribution is -0.132. The molecule has 36 heavy (non-hydrogen) atoms. The van der Waals surface area contributed by atoms with Crippen molar-refractivity contribution in [3.8, 4) is 11.5 Å². The number of carbonyl (C=O) groups is 2. The van der Waals surface area contributed by atoms with E-state index in [9.17, 15) is 14.7 Å². The highest BCUT2D eigenvalue weighted by atomic mass is 35.5. The Morgan fingerprint density at radius 2 is 1.67 bits per heavy atom. The van der Waals surface area contributed by atoms with Gasteiger partial charge in [0.2, 0.25) is 0 Å². The molecule has 0 radical (unpaired) electrons. The van der Waals surface area contributed by atoms with Crippen LogP contribution in [-0.4, -0.2) is 30.0 Å². The number of halogens is 1. The number of anilines is 1. The summed E-state index contributed by atoms with van der Waals surface area (Å²) in [6, 6.07) is 19.8. The van der Waals surface area contributed by atoms with Gasteiger partial charge in [-0.2, -0.15) is 0 Å². The number of ketones is 1. The van der Waals surface area contributed by atoms with Crippen LogP contribution in [0.1, 0.15) is 37.9 Å². The van der Waals surface area contributed by atoms with Crippen LogP contribution in [0.3, 0.4) is 0 Å². The molecular formula is C29H28ClNO5. The molecule has 1 saturated heterocycles. The Morgan fingerprint density at radius 1 is 0.972 bits per heavy atom. The Balaban J connectivity index is 1.81. The molecular weight excluding hydrogens is 478 g/mol. The second kappa shape index (κ2) is 10.9. The molecule has 0 saturated carbocycles. The summed E-state index contributed by atoms with van der Waals surface area (Å²) < 4.78 is 11.3. The second-order valence-electron chi connectivity index (χ2n) is 8.88. The SMILES string of the molecule is CCOc1cccc(N2C(=O)C(=O)/C(=C(/O)c3ccc(OCC(C)C)cc3)C2c2ccc(Cl)cc2)c1. The maximum absolute atomic E-state index is 13.3. The lowest BCUT2D eigenvalue weighted by atomic mass is 9.95. The minimum atomic E-state index is -0.851. The molecule has 4 rings (SSSR count). The molecule has 0 aromatic heterocycles. The molecule has 0 bridgehead atoms. The molecule has 1 aliphatic heterocycles. The highest BCUT2D eigenvalue weighted by Gasteiger charge is 2.47. The predicted octanol–water partition coefficient (Wildman–Crippen LogP) is 6.40. The number of nitrogens with zero attached hydrogens (tertiary/aromatic N) is 1. The molecule has 7 heteroatoms. The van der Waals surface area contributed by atoms with Crippen LogP contribution in [0.5, 0.6) is 11.5 Å². The fourth-order valence-electron chi connectivity index (χ4n) is 4.08. The summed E-state index contributed by atoms with van der Waals surface area (Å²) in [6.45, 7) is 7.00. The van der Waals surface area contributed by atoms with Crippen molar-refractivity contribution < 1.29 is 24.2 Å². The number of amides is 1. The Morgan fingerprint density at radius 3 is 2.31 bits per heavy atom. The van der Waals surface area contributed by atoms with Crippen molar-refractivity contribution in [2.24, 2.45) is 5.92 Å². The van der Waals surface area contributed by atoms with Gasteiger partial charge in [0.05, 0.1) is 24.8 Å². The van der Waals surface area contributed by atoms with Crippen LogP contribution in [0.2, 0.25) is 5.02 Å². The van der Waals surface area contributed by atoms with E-state index in [1.807, 2.05) is 6.92 Å². The van der Waals surface area contributed by atoms with Crippen molar-refractivity contribution in [3.63, 3.8) is 0 Å². The molecule has 1 N–H and O–H groups in total. The van der Waals surface area contributed by atoms with E-state index in [-0.39, 0.29) is 11.3 Å². The number of carbonyl (C=O) groups excluding carboxylic acids is 2. The van der Waals surface area contributed by atoms with Crippen molar-refractivity contribution in [2.75, 3.05) is 18.1 Å². The largest absolute Gasteiger partial charge is 0.507 e. The quantitative estimate of drug-likeness (QED) is 0.218. The molecule has 1 heterocycles. The summed E-state index contributed by atoms with van der Waals surface area (Å²) in [5.74, 6) is -0.162. The lowest BCUT2D eigenvalue weighted by Gasteiger charge is -2.26. The van der Waals surface area contributed by atoms with Gasteiger partial charge in [-0.15, -0.1) is 0 Å². The standard InChI is InChI=1S/C29H28ClNO5/c1-4-35-24-7-5-6-22(16-24)31-26(19-8-12-21(30)13-9-19)25(28(33)29(31)34)27(32)20-10-14-23(15-11-20)36-17-18(2)3/h5-16,18,26,32H,4,17H2,1-3H3/b27-25+. The molecule has 1 unspecified atom stereocenters. The number of hydrogen-bond acceptors (Lipinski definition) is 5. The zero-order chi connectivity index (χ0) is 25.8. The smallest absolute Gasteiger partial charge is 0.300 e. The summed E-state index contributed by atoms with van der Waals surface area (Å²) in [5, 5.41) is 11.8. The maximum atomic E-state index is 13.3. The lowest BCUT2D eigenvalue weighted by Crippen LogP contribution is -2.29. The van der Waals surface area contributed by atoms with Gasteiger partial charge in [0.25, 0.3) is 11.7 Å². The van der Waals surface area contributed by atoms with Gasteiger partial charge in [-0.25, -0.2) is 0 Å². The van der Waals surface area contributed by atoms with Gasteiger partial charge in [-0.1, -0.05) is 43.6 Å². The molecule has 6 nitrogen and oxygen atoms in total. The molecule has 186 valence electrons. The van der Waals surface area contributed by atoms with Crippen molar-refractivity contribution in [1.29, 1.82) is 0 Å². The van der Waals surface area contributed by atoms with Gasteiger partial charge in [-0.05, 0) is 66.9 Å². The van der Waals surface area contributed by atoms with Gasteiger partial charge in [0.15, 0.2) is 0 Å². The van der Waals surface area contributed by atoms with Crippen LogP contribution in [-0.2, 0) is 9.59 Å². The van der Waals surface area contributed by atoms with E-state index in [2.05, 4.69) is 13.8 Å². The van der Waals surface area contributed by atoms with E-state index in [0.29, 0.717) is 52.5 Å². The molecule has 3 aromatic carbocycles. The number of rotatable bonds is 8. The van der Waals surface area contributed by atoms with Gasteiger partial charge in [0, 0.05) is 22.3 Å². The summed E-state index contributed by atoms with van der Waals surface area (Å²) in [4.78, 5) is 28.0. The first-order chi connectivity index (χ1) is 17.3. The number of aliphatic hydroxyl groups is 1. The monoisotopic (exact) mass is 505 g/mol. The Hall–Kier alpha value is -3.77. The van der Waals surface area contributed by atoms with Gasteiger partial charge < -0.3 is 14.6 Å². The highest BCUT2D eigenvalue weighted by Crippen LogP contribution is 2.43. The normalized spacial score (nSPS) is 17.0. The van der Waals surface area contributed by atoms with E-state index >= 15 is 0 Å². The van der Waals surface area contributed by atoms with Crippen LogP contribution < -0.4 is 14.4 Å². The molecule has 0 spiro atoms. The van der Waals surface area contributed by atoms with Crippen LogP contribution >= 0.6 is 11.6 Å². The summed E-state index contributed by atoms with van der Waals surface area (Å²) in [7, 11) is 0. The van der Waals surface area contributed by atoms with Crippen molar-refractivity contribution in [2.45, 2.75) is 26.8 Å². The fraction of sp³-hybridized carbons (Fsp3) is 0.241. The predicted molar refractivity (Wildman–Crippen MR) is 141 cm³/mol. The third-order valence-corrected chi connectivity index (χ3v) is 6.00. The van der Waals surface area contributed by atoms with Gasteiger partial charge in [-0.3, -0.25) is 14.5 Å². The Kier molecular flexibility index (Phi) is 7.65. The summed E-state index contributed by atoms with van der Waals surface area (Å²) in [6.07, 6.45) is 0. The molecule has 1 fully saturated rings. The number of hydrogen-bond donors (Lipinski definition) is 1. The van der Waals surface area contributed by atoms with Crippen molar-refractivity contribution in [1.82, 2.24) is 0 Å². The minimum absolute atomic E-state index is 0.0000146. The minimum Gasteiger partial charge on any atom is -0.507 e. The van der Waals surface area contributed by atoms with Crippen molar-refractivity contribution >= 4 is 34.7 Å². The summed E-state index contributed by atoms with van der Waals surface area (Å²) >= 11 is 6.10. The van der Waals surface area contributed by atoms with Crippen LogP contribution in [0.4, 0.5) is 5.69 Å². The third-order valence-electron chi connectivity index (χ3n) is 5.75. The Bertz CT molecular complexity index is 1280. The first kappa shape index (κ1) is 25.3. The zero-order valence-corrected chi connectivity index (χ0v) is 21.2. The number of benzene rings is 3. The van der Waals surface area contributed by atoms with Gasteiger partial charge >= 0.3 is 0 Å². The molecule has 1 atom stereocenters. The first-order valence-corrected chi connectivity index (χ1v) is 12.2. The topological polar surface area (TPSA) is 76.1 Å². The Labute approximate surface area is 215 Å². The summed E-state index contributed by atoms with van der Waals surface area (Å²) in [5.41, 5.74) is 1.53. The van der Waals surface area contributed by atoms with Gasteiger partial charge in [0.1, 0.15) is 17.3 Å². The van der Waals surface area contributed by atoms with Crippen LogP contribution in [0.25, 0.3) is 5.76 Å². The molecule has 3 aromatic rings. The average Bonchev–Trinajstić information content (AvgIpc) is 3.13. The molecule has 0 aliphatic carbocycles. The van der Waals surface area contributed by atoms with E-state index < -0.39 is 17.7 Å². The second-order valence-corrected chi connectivity index (χ2v) is 9.32.